The summed E-state index contributed by atoms with van der Waals surface area (Å²) in [6.07, 6.45) is 0. The van der Waals surface area contributed by atoms with Crippen molar-refractivity contribution >= 4 is 17.0 Å². The summed E-state index contributed by atoms with van der Waals surface area (Å²) in [6.45, 7) is -0.251. The van der Waals surface area contributed by atoms with Gasteiger partial charge in [-0.2, -0.15) is 0 Å². The van der Waals surface area contributed by atoms with Crippen LogP contribution in [-0.2, 0) is 11.3 Å². The number of aromatic amines is 1. The molecule has 0 fully saturated rings. The first-order chi connectivity index (χ1) is 8.50. The number of hydrogen-bond donors (Lipinski definition) is 3. The van der Waals surface area contributed by atoms with E-state index in [1.807, 2.05) is 0 Å². The van der Waals surface area contributed by atoms with Crippen LogP contribution in [0.1, 0.15) is 0 Å². The lowest BCUT2D eigenvalue weighted by Gasteiger charge is -2.11. The van der Waals surface area contributed by atoms with Crippen molar-refractivity contribution in [2.24, 2.45) is 5.73 Å². The molecule has 7 nitrogen and oxygen atoms in total. The number of carboxylic acids is 1. The molecule has 2 aromatic rings. The number of fused-ring (bicyclic) bond motifs is 1. The van der Waals surface area contributed by atoms with E-state index >= 15 is 0 Å². The summed E-state index contributed by atoms with van der Waals surface area (Å²) in [4.78, 5) is 36.3. The van der Waals surface area contributed by atoms with Crippen molar-refractivity contribution < 1.29 is 9.90 Å². The van der Waals surface area contributed by atoms with Crippen molar-refractivity contribution in [1.29, 1.82) is 0 Å². The van der Waals surface area contributed by atoms with E-state index in [1.165, 1.54) is 0 Å². The van der Waals surface area contributed by atoms with E-state index in [1.54, 1.807) is 24.3 Å². The average Bonchev–Trinajstić information content (AvgIpc) is 2.34. The van der Waals surface area contributed by atoms with Gasteiger partial charge in [0, 0.05) is 0 Å². The number of carboxylic acid groups (broad SMARTS) is 1. The minimum Gasteiger partial charge on any atom is -0.480 e. The van der Waals surface area contributed by atoms with E-state index in [9.17, 15) is 14.4 Å². The summed E-state index contributed by atoms with van der Waals surface area (Å²) in [5, 5.41) is 8.75. The first-order valence-corrected chi connectivity index (χ1v) is 5.21. The molecule has 1 unspecified atom stereocenters. The standard InChI is InChI=1S/C11H11N3O4/c12-6(11(17)18)5-14-8-4-2-1-3-7(8)13-9(15)10(14)16/h1-4,6H,5,12H2,(H,13,15)(H,17,18). The molecule has 1 atom stereocenters. The molecule has 18 heavy (non-hydrogen) atoms. The van der Waals surface area contributed by atoms with Crippen LogP contribution in [-0.4, -0.2) is 26.7 Å². The van der Waals surface area contributed by atoms with Crippen LogP contribution in [0.2, 0.25) is 0 Å². The van der Waals surface area contributed by atoms with Crippen molar-refractivity contribution in [3.63, 3.8) is 0 Å². The lowest BCUT2D eigenvalue weighted by atomic mass is 10.2. The summed E-state index contributed by atoms with van der Waals surface area (Å²) in [6, 6.07) is 5.38. The van der Waals surface area contributed by atoms with Gasteiger partial charge in [0.2, 0.25) is 0 Å². The predicted octanol–water partition coefficient (Wildman–Crippen LogP) is -0.898. The highest BCUT2D eigenvalue weighted by atomic mass is 16.4. The summed E-state index contributed by atoms with van der Waals surface area (Å²) in [7, 11) is 0. The van der Waals surface area contributed by atoms with Crippen LogP contribution < -0.4 is 16.9 Å². The van der Waals surface area contributed by atoms with E-state index in [-0.39, 0.29) is 6.54 Å². The fourth-order valence-electron chi connectivity index (χ4n) is 1.68. The summed E-state index contributed by atoms with van der Waals surface area (Å²) >= 11 is 0. The monoisotopic (exact) mass is 249 g/mol. The molecule has 0 radical (unpaired) electrons. The van der Waals surface area contributed by atoms with Crippen LogP contribution in [0.5, 0.6) is 0 Å². The molecule has 4 N–H and O–H groups in total. The van der Waals surface area contributed by atoms with Crippen LogP contribution in [0.25, 0.3) is 11.0 Å². The number of nitrogens with zero attached hydrogens (tertiary/aromatic N) is 1. The maximum Gasteiger partial charge on any atom is 0.322 e. The molecule has 0 bridgehead atoms. The summed E-state index contributed by atoms with van der Waals surface area (Å²) in [5.41, 5.74) is 4.67. The van der Waals surface area contributed by atoms with Crippen molar-refractivity contribution in [1.82, 2.24) is 9.55 Å². The molecule has 0 saturated heterocycles. The molecule has 0 aliphatic carbocycles. The molecule has 2 rings (SSSR count). The molecule has 0 aliphatic heterocycles. The van der Waals surface area contributed by atoms with Gasteiger partial charge < -0.3 is 15.8 Å². The van der Waals surface area contributed by atoms with Crippen molar-refractivity contribution in [3.05, 3.63) is 45.0 Å². The molecular formula is C11H11N3O4. The number of hydrogen-bond acceptors (Lipinski definition) is 4. The van der Waals surface area contributed by atoms with E-state index in [0.29, 0.717) is 11.0 Å². The zero-order valence-electron chi connectivity index (χ0n) is 9.29. The fraction of sp³-hybridized carbons (Fsp3) is 0.182. The molecule has 7 heteroatoms. The normalized spacial score (nSPS) is 12.5. The van der Waals surface area contributed by atoms with Gasteiger partial charge in [0.1, 0.15) is 6.04 Å². The first kappa shape index (κ1) is 12.1. The second-order valence-electron chi connectivity index (χ2n) is 3.83. The first-order valence-electron chi connectivity index (χ1n) is 5.21. The number of para-hydroxylation sites is 2. The van der Waals surface area contributed by atoms with Crippen molar-refractivity contribution in [3.8, 4) is 0 Å². The number of aromatic nitrogens is 2. The van der Waals surface area contributed by atoms with Crippen molar-refractivity contribution in [2.75, 3.05) is 0 Å². The molecule has 0 saturated carbocycles. The van der Waals surface area contributed by atoms with Gasteiger partial charge in [0.05, 0.1) is 17.6 Å². The minimum atomic E-state index is -1.24. The molecule has 1 aromatic heterocycles. The Kier molecular flexibility index (Phi) is 2.99. The quantitative estimate of drug-likeness (QED) is 0.609. The SMILES string of the molecule is NC(Cn1c(=O)c(=O)[nH]c2ccccc21)C(=O)O. The zero-order chi connectivity index (χ0) is 13.3. The molecular weight excluding hydrogens is 238 g/mol. The lowest BCUT2D eigenvalue weighted by Crippen LogP contribution is -2.43. The van der Waals surface area contributed by atoms with E-state index < -0.39 is 23.1 Å². The van der Waals surface area contributed by atoms with Gasteiger partial charge in [-0.25, -0.2) is 0 Å². The Labute approximate surface area is 100 Å². The van der Waals surface area contributed by atoms with Gasteiger partial charge in [-0.1, -0.05) is 12.1 Å². The Bertz CT molecular complexity index is 716. The highest BCUT2D eigenvalue weighted by Crippen LogP contribution is 2.07. The molecule has 1 aromatic carbocycles. The van der Waals surface area contributed by atoms with Crippen LogP contribution in [0.15, 0.2) is 33.9 Å². The van der Waals surface area contributed by atoms with E-state index in [4.69, 9.17) is 10.8 Å². The maximum absolute atomic E-state index is 11.7. The second-order valence-corrected chi connectivity index (χ2v) is 3.83. The average molecular weight is 249 g/mol. The number of aliphatic carboxylic acids is 1. The topological polar surface area (TPSA) is 118 Å². The Morgan fingerprint density at radius 3 is 2.72 bits per heavy atom. The Hall–Kier alpha value is -2.41. The van der Waals surface area contributed by atoms with Gasteiger partial charge in [0.15, 0.2) is 0 Å². The third-order valence-electron chi connectivity index (χ3n) is 2.58. The number of nitrogens with one attached hydrogen (secondary N) is 1. The predicted molar refractivity (Wildman–Crippen MR) is 64.4 cm³/mol. The lowest BCUT2D eigenvalue weighted by molar-refractivity contribution is -0.138. The van der Waals surface area contributed by atoms with E-state index in [2.05, 4.69) is 4.98 Å². The molecule has 0 aliphatic rings. The molecule has 94 valence electrons. The van der Waals surface area contributed by atoms with Gasteiger partial charge in [-0.15, -0.1) is 0 Å². The maximum atomic E-state index is 11.7. The molecule has 0 spiro atoms. The third-order valence-corrected chi connectivity index (χ3v) is 2.58. The second kappa shape index (κ2) is 4.46. The number of rotatable bonds is 3. The zero-order valence-corrected chi connectivity index (χ0v) is 9.29. The number of nitrogens with two attached hydrogens (primary N) is 1. The Morgan fingerprint density at radius 1 is 1.39 bits per heavy atom. The van der Waals surface area contributed by atoms with Crippen LogP contribution in [0.4, 0.5) is 0 Å². The smallest absolute Gasteiger partial charge is 0.322 e. The number of carbonyl (C=O) groups is 1. The molecule has 1 heterocycles. The Balaban J connectivity index is 2.68. The van der Waals surface area contributed by atoms with Crippen molar-refractivity contribution in [2.45, 2.75) is 12.6 Å². The van der Waals surface area contributed by atoms with Gasteiger partial charge in [-0.3, -0.25) is 19.0 Å². The van der Waals surface area contributed by atoms with Crippen LogP contribution >= 0.6 is 0 Å². The highest BCUT2D eigenvalue weighted by molar-refractivity contribution is 5.76. The van der Waals surface area contributed by atoms with E-state index in [0.717, 1.165) is 4.57 Å². The molecule has 0 amide bonds. The summed E-state index contributed by atoms with van der Waals surface area (Å²) < 4.78 is 1.08. The third kappa shape index (κ3) is 2.03. The summed E-state index contributed by atoms with van der Waals surface area (Å²) in [5.74, 6) is -1.23. The van der Waals surface area contributed by atoms with Gasteiger partial charge in [-0.05, 0) is 12.1 Å². The highest BCUT2D eigenvalue weighted by Gasteiger charge is 2.15. The largest absolute Gasteiger partial charge is 0.480 e. The fourth-order valence-corrected chi connectivity index (χ4v) is 1.68. The number of H-pyrrole nitrogens is 1. The Morgan fingerprint density at radius 2 is 2.06 bits per heavy atom. The van der Waals surface area contributed by atoms with Crippen LogP contribution in [0, 0.1) is 0 Å². The van der Waals surface area contributed by atoms with Crippen LogP contribution in [0.3, 0.4) is 0 Å². The number of benzene rings is 1. The van der Waals surface area contributed by atoms with Gasteiger partial charge in [0.25, 0.3) is 0 Å². The van der Waals surface area contributed by atoms with Gasteiger partial charge >= 0.3 is 17.1 Å². The minimum absolute atomic E-state index is 0.251.